The van der Waals surface area contributed by atoms with Crippen LogP contribution in [0.15, 0.2) is 78.9 Å². The molecule has 3 rings (SSSR count). The zero-order valence-corrected chi connectivity index (χ0v) is 20.4. The molecular weight excluding hydrogens is 451 g/mol. The van der Waals surface area contributed by atoms with Crippen molar-refractivity contribution in [2.24, 2.45) is 5.92 Å². The smallest absolute Gasteiger partial charge is 0.416 e. The molecule has 0 N–H and O–H groups in total. The molecule has 0 aliphatic carbocycles. The second-order valence-electron chi connectivity index (χ2n) is 9.23. The minimum Gasteiger partial charge on any atom is -0.486 e. The highest BCUT2D eigenvalue weighted by Gasteiger charge is 2.30. The Kier molecular flexibility index (Phi) is 8.96. The highest BCUT2D eigenvalue weighted by molar-refractivity contribution is 5.78. The number of rotatable bonds is 10. The first kappa shape index (κ1) is 26.3. The Morgan fingerprint density at radius 3 is 2.06 bits per heavy atom. The maximum Gasteiger partial charge on any atom is 0.416 e. The second kappa shape index (κ2) is 11.9. The summed E-state index contributed by atoms with van der Waals surface area (Å²) in [4.78, 5) is 14.5. The number of carbonyl (C=O) groups excluding carboxylic acids is 1. The molecule has 3 aromatic carbocycles. The lowest BCUT2D eigenvalue weighted by molar-refractivity contribution is -0.137. The van der Waals surface area contributed by atoms with Crippen LogP contribution in [0.1, 0.15) is 48.6 Å². The Hall–Kier alpha value is -3.28. The van der Waals surface area contributed by atoms with Crippen molar-refractivity contribution in [1.29, 1.82) is 0 Å². The van der Waals surface area contributed by atoms with Gasteiger partial charge in [-0.3, -0.25) is 4.79 Å². The number of benzene rings is 3. The molecule has 6 heteroatoms. The monoisotopic (exact) mass is 483 g/mol. The summed E-state index contributed by atoms with van der Waals surface area (Å²) in [6, 6.07) is 22.3. The minimum atomic E-state index is -4.39. The van der Waals surface area contributed by atoms with Gasteiger partial charge in [0.25, 0.3) is 0 Å². The predicted molar refractivity (Wildman–Crippen MR) is 132 cm³/mol. The molecule has 0 saturated carbocycles. The molecule has 0 fully saturated rings. The molecule has 1 amide bonds. The van der Waals surface area contributed by atoms with Crippen LogP contribution in [0, 0.1) is 5.92 Å². The quantitative estimate of drug-likeness (QED) is 0.307. The molecule has 0 heterocycles. The number of hydrogen-bond donors (Lipinski definition) is 0. The Bertz CT molecular complexity index is 1060. The third-order valence-corrected chi connectivity index (χ3v) is 5.81. The number of hydrogen-bond acceptors (Lipinski definition) is 2. The normalized spacial score (nSPS) is 12.4. The van der Waals surface area contributed by atoms with Gasteiger partial charge < -0.3 is 9.64 Å². The van der Waals surface area contributed by atoms with Crippen LogP contribution >= 0.6 is 0 Å². The molecule has 0 bridgehead atoms. The van der Waals surface area contributed by atoms with E-state index in [0.29, 0.717) is 31.1 Å². The van der Waals surface area contributed by atoms with E-state index < -0.39 is 17.8 Å². The fraction of sp³-hybridized carbons (Fsp3) is 0.345. The van der Waals surface area contributed by atoms with E-state index in [1.165, 1.54) is 17.7 Å². The van der Waals surface area contributed by atoms with Crippen LogP contribution in [-0.2, 0) is 23.8 Å². The van der Waals surface area contributed by atoms with E-state index in [2.05, 4.69) is 26.0 Å². The van der Waals surface area contributed by atoms with Crippen LogP contribution in [-0.4, -0.2) is 24.4 Å². The first-order valence-electron chi connectivity index (χ1n) is 11.8. The van der Waals surface area contributed by atoms with Crippen molar-refractivity contribution in [2.75, 3.05) is 13.6 Å². The van der Waals surface area contributed by atoms with E-state index in [0.717, 1.165) is 29.7 Å². The third-order valence-electron chi connectivity index (χ3n) is 5.81. The number of likely N-dealkylation sites (N-methyl/N-ethyl adjacent to an activating group) is 1. The summed E-state index contributed by atoms with van der Waals surface area (Å²) in [7, 11) is 1.76. The van der Waals surface area contributed by atoms with Crippen molar-refractivity contribution >= 4 is 5.91 Å². The van der Waals surface area contributed by atoms with Gasteiger partial charge in [0.1, 0.15) is 11.9 Å². The first-order chi connectivity index (χ1) is 16.6. The molecule has 0 aromatic heterocycles. The van der Waals surface area contributed by atoms with Crippen LogP contribution in [0.3, 0.4) is 0 Å². The Balaban J connectivity index is 1.62. The molecule has 0 aliphatic heterocycles. The Labute approximate surface area is 205 Å². The van der Waals surface area contributed by atoms with Crippen molar-refractivity contribution in [2.45, 2.75) is 45.4 Å². The van der Waals surface area contributed by atoms with Crippen LogP contribution in [0.2, 0.25) is 0 Å². The van der Waals surface area contributed by atoms with Crippen LogP contribution < -0.4 is 4.74 Å². The molecule has 3 aromatic rings. The molecule has 35 heavy (non-hydrogen) atoms. The van der Waals surface area contributed by atoms with Gasteiger partial charge in [-0.05, 0) is 53.3 Å². The van der Waals surface area contributed by atoms with E-state index in [9.17, 15) is 18.0 Å². The van der Waals surface area contributed by atoms with E-state index in [-0.39, 0.29) is 5.91 Å². The molecule has 1 atom stereocenters. The molecule has 0 saturated heterocycles. The van der Waals surface area contributed by atoms with E-state index in [1.54, 1.807) is 11.9 Å². The summed E-state index contributed by atoms with van der Waals surface area (Å²) in [5.41, 5.74) is 2.41. The average molecular weight is 484 g/mol. The van der Waals surface area contributed by atoms with E-state index >= 15 is 0 Å². The topological polar surface area (TPSA) is 29.5 Å². The fourth-order valence-corrected chi connectivity index (χ4v) is 3.86. The maximum absolute atomic E-state index is 12.9. The second-order valence-corrected chi connectivity index (χ2v) is 9.23. The van der Waals surface area contributed by atoms with Gasteiger partial charge in [-0.15, -0.1) is 0 Å². The predicted octanol–water partition coefficient (Wildman–Crippen LogP) is 7.12. The molecule has 0 radical (unpaired) electrons. The van der Waals surface area contributed by atoms with Crippen molar-refractivity contribution in [3.8, 4) is 5.75 Å². The number of ether oxygens (including phenoxy) is 1. The summed E-state index contributed by atoms with van der Waals surface area (Å²) in [5.74, 6) is 0.932. The molecule has 0 aliphatic rings. The standard InChI is InChI=1S/C29H32F3NO2/c1-21(2)19-22-9-11-23(12-10-22)20-28(34)33(3)18-17-27(24-7-5-4-6-8-24)35-26-15-13-25(14-16-26)29(30,31)32/h4-16,21,27H,17-20H2,1-3H3/t27-/m0/s1. The summed E-state index contributed by atoms with van der Waals surface area (Å²) < 4.78 is 44.7. The van der Waals surface area contributed by atoms with Gasteiger partial charge in [0.15, 0.2) is 0 Å². The molecule has 0 spiro atoms. The highest BCUT2D eigenvalue weighted by Crippen LogP contribution is 2.32. The zero-order valence-electron chi connectivity index (χ0n) is 20.4. The number of alkyl halides is 3. The number of amides is 1. The molecule has 186 valence electrons. The van der Waals surface area contributed by atoms with Crippen LogP contribution in [0.5, 0.6) is 5.75 Å². The average Bonchev–Trinajstić information content (AvgIpc) is 2.82. The lowest BCUT2D eigenvalue weighted by atomic mass is 10.0. The third kappa shape index (κ3) is 8.16. The highest BCUT2D eigenvalue weighted by atomic mass is 19.4. The van der Waals surface area contributed by atoms with Gasteiger partial charge in [0.05, 0.1) is 12.0 Å². The molecule has 3 nitrogen and oxygen atoms in total. The van der Waals surface area contributed by atoms with Gasteiger partial charge in [-0.25, -0.2) is 0 Å². The SMILES string of the molecule is CC(C)Cc1ccc(CC(=O)N(C)CC[C@H](Oc2ccc(C(F)(F)F)cc2)c2ccccc2)cc1. The van der Waals surface area contributed by atoms with Gasteiger partial charge in [-0.2, -0.15) is 13.2 Å². The first-order valence-corrected chi connectivity index (χ1v) is 11.8. The number of carbonyl (C=O) groups is 1. The molecular formula is C29H32F3NO2. The van der Waals surface area contributed by atoms with Gasteiger partial charge in [-0.1, -0.05) is 68.4 Å². The zero-order chi connectivity index (χ0) is 25.4. The summed E-state index contributed by atoms with van der Waals surface area (Å²) in [6.07, 6.45) is -2.98. The fourth-order valence-electron chi connectivity index (χ4n) is 3.86. The van der Waals surface area contributed by atoms with Crippen molar-refractivity contribution < 1.29 is 22.7 Å². The molecule has 0 unspecified atom stereocenters. The largest absolute Gasteiger partial charge is 0.486 e. The van der Waals surface area contributed by atoms with Crippen molar-refractivity contribution in [1.82, 2.24) is 4.90 Å². The van der Waals surface area contributed by atoms with Crippen molar-refractivity contribution in [3.63, 3.8) is 0 Å². The Morgan fingerprint density at radius 1 is 0.886 bits per heavy atom. The summed E-state index contributed by atoms with van der Waals surface area (Å²) >= 11 is 0. The lowest BCUT2D eigenvalue weighted by Gasteiger charge is -2.24. The van der Waals surface area contributed by atoms with E-state index in [1.807, 2.05) is 42.5 Å². The van der Waals surface area contributed by atoms with Gasteiger partial charge in [0, 0.05) is 20.0 Å². The number of halogens is 3. The lowest BCUT2D eigenvalue weighted by Crippen LogP contribution is -2.30. The van der Waals surface area contributed by atoms with Gasteiger partial charge >= 0.3 is 6.18 Å². The Morgan fingerprint density at radius 2 is 1.49 bits per heavy atom. The summed E-state index contributed by atoms with van der Waals surface area (Å²) in [5, 5.41) is 0. The van der Waals surface area contributed by atoms with Gasteiger partial charge in [0.2, 0.25) is 5.91 Å². The van der Waals surface area contributed by atoms with Crippen molar-refractivity contribution in [3.05, 3.63) is 101 Å². The number of nitrogens with zero attached hydrogens (tertiary/aromatic N) is 1. The minimum absolute atomic E-state index is 0.00273. The van der Waals surface area contributed by atoms with E-state index in [4.69, 9.17) is 4.74 Å². The van der Waals surface area contributed by atoms with Crippen LogP contribution in [0.4, 0.5) is 13.2 Å². The summed E-state index contributed by atoms with van der Waals surface area (Å²) in [6.45, 7) is 4.80. The maximum atomic E-state index is 12.9. The van der Waals surface area contributed by atoms with Crippen LogP contribution in [0.25, 0.3) is 0 Å².